The molecule has 6 nitrogen and oxygen atoms in total. The summed E-state index contributed by atoms with van der Waals surface area (Å²) in [5.41, 5.74) is 0.0955. The Morgan fingerprint density at radius 2 is 2.00 bits per heavy atom. The summed E-state index contributed by atoms with van der Waals surface area (Å²) in [6, 6.07) is 10.6. The Bertz CT molecular complexity index is 978. The molecule has 1 aromatic carbocycles. The lowest BCUT2D eigenvalue weighted by Gasteiger charge is -2.40. The third kappa shape index (κ3) is 5.01. The highest BCUT2D eigenvalue weighted by Gasteiger charge is 2.46. The number of halogens is 1. The van der Waals surface area contributed by atoms with Crippen LogP contribution in [0.2, 0.25) is 5.02 Å². The standard InChI is InChI=1S/C24H30ClN3O3/c1-6-16(4)21(29)26-20-11-10-19-22(27-20)31-24(5,13-12-15(2)3)23(30)28(19)18-9-7-8-17(25)14-18/h7-11,14-16H,6,12-13H2,1-5H3,(H,26,27,29)/t16-,24?/m1/s1. The molecule has 2 atom stereocenters. The summed E-state index contributed by atoms with van der Waals surface area (Å²) >= 11 is 6.21. The molecular weight excluding hydrogens is 414 g/mol. The van der Waals surface area contributed by atoms with Crippen molar-refractivity contribution >= 4 is 40.6 Å². The Labute approximate surface area is 188 Å². The molecule has 0 saturated heterocycles. The summed E-state index contributed by atoms with van der Waals surface area (Å²) in [7, 11) is 0. The van der Waals surface area contributed by atoms with Crippen molar-refractivity contribution in [1.82, 2.24) is 4.98 Å². The molecule has 1 aromatic heterocycles. The van der Waals surface area contributed by atoms with E-state index in [0.29, 0.717) is 40.4 Å². The molecule has 7 heteroatoms. The van der Waals surface area contributed by atoms with Gasteiger partial charge in [-0.3, -0.25) is 14.5 Å². The van der Waals surface area contributed by atoms with Gasteiger partial charge in [-0.1, -0.05) is 45.4 Å². The van der Waals surface area contributed by atoms with E-state index >= 15 is 0 Å². The maximum absolute atomic E-state index is 13.6. The second-order valence-corrected chi connectivity index (χ2v) is 9.14. The van der Waals surface area contributed by atoms with Crippen LogP contribution in [0.25, 0.3) is 0 Å². The zero-order valence-corrected chi connectivity index (χ0v) is 19.5. The molecule has 1 aliphatic rings. The number of anilines is 3. The second-order valence-electron chi connectivity index (χ2n) is 8.71. The maximum Gasteiger partial charge on any atom is 0.275 e. The number of carbonyl (C=O) groups is 2. The van der Waals surface area contributed by atoms with Gasteiger partial charge in [0, 0.05) is 10.9 Å². The van der Waals surface area contributed by atoms with E-state index in [1.54, 1.807) is 42.2 Å². The lowest BCUT2D eigenvalue weighted by Crippen LogP contribution is -2.53. The predicted molar refractivity (Wildman–Crippen MR) is 124 cm³/mol. The van der Waals surface area contributed by atoms with Crippen LogP contribution in [-0.2, 0) is 9.59 Å². The van der Waals surface area contributed by atoms with Crippen LogP contribution in [0.5, 0.6) is 5.88 Å². The third-order valence-corrected chi connectivity index (χ3v) is 5.87. The number of benzene rings is 1. The van der Waals surface area contributed by atoms with Crippen LogP contribution >= 0.6 is 11.6 Å². The number of pyridine rings is 1. The fourth-order valence-corrected chi connectivity index (χ4v) is 3.56. The SMILES string of the molecule is CC[C@@H](C)C(=O)Nc1ccc2c(n1)OC(C)(CCC(C)C)C(=O)N2c1cccc(Cl)c1. The molecule has 166 valence electrons. The second kappa shape index (κ2) is 9.27. The fraction of sp³-hybridized carbons (Fsp3) is 0.458. The van der Waals surface area contributed by atoms with Crippen molar-refractivity contribution in [3.8, 4) is 5.88 Å². The number of ether oxygens (including phenoxy) is 1. The summed E-state index contributed by atoms with van der Waals surface area (Å²) < 4.78 is 6.19. The van der Waals surface area contributed by atoms with Crippen LogP contribution in [0.15, 0.2) is 36.4 Å². The van der Waals surface area contributed by atoms with Gasteiger partial charge in [-0.25, -0.2) is 0 Å². The summed E-state index contributed by atoms with van der Waals surface area (Å²) in [4.78, 5) is 32.1. The van der Waals surface area contributed by atoms with Crippen LogP contribution in [0.1, 0.15) is 53.9 Å². The number of nitrogens with one attached hydrogen (secondary N) is 1. The first-order chi connectivity index (χ1) is 14.6. The highest BCUT2D eigenvalue weighted by atomic mass is 35.5. The van der Waals surface area contributed by atoms with Crippen LogP contribution in [-0.4, -0.2) is 22.4 Å². The fourth-order valence-electron chi connectivity index (χ4n) is 3.38. The zero-order chi connectivity index (χ0) is 22.8. The summed E-state index contributed by atoms with van der Waals surface area (Å²) in [6.07, 6.45) is 2.11. The molecule has 1 unspecified atom stereocenters. The van der Waals surface area contributed by atoms with Gasteiger partial charge in [-0.05, 0) is 62.4 Å². The van der Waals surface area contributed by atoms with E-state index in [-0.39, 0.29) is 17.7 Å². The molecule has 2 aromatic rings. The zero-order valence-electron chi connectivity index (χ0n) is 18.7. The van der Waals surface area contributed by atoms with Gasteiger partial charge in [-0.2, -0.15) is 4.98 Å². The third-order valence-electron chi connectivity index (χ3n) is 5.63. The number of rotatable bonds is 7. The molecular formula is C24H30ClN3O3. The van der Waals surface area contributed by atoms with Gasteiger partial charge in [-0.15, -0.1) is 0 Å². The minimum Gasteiger partial charge on any atom is -0.460 e. The minimum atomic E-state index is -1.08. The molecule has 31 heavy (non-hydrogen) atoms. The van der Waals surface area contributed by atoms with E-state index < -0.39 is 5.60 Å². The first-order valence-electron chi connectivity index (χ1n) is 10.8. The smallest absolute Gasteiger partial charge is 0.275 e. The molecule has 0 spiro atoms. The number of carbonyl (C=O) groups excluding carboxylic acids is 2. The summed E-state index contributed by atoms with van der Waals surface area (Å²) in [6.45, 7) is 9.85. The molecule has 0 fully saturated rings. The molecule has 1 aliphatic heterocycles. The van der Waals surface area contributed by atoms with Crippen molar-refractivity contribution in [1.29, 1.82) is 0 Å². The van der Waals surface area contributed by atoms with Crippen molar-refractivity contribution < 1.29 is 14.3 Å². The van der Waals surface area contributed by atoms with Gasteiger partial charge < -0.3 is 10.1 Å². The van der Waals surface area contributed by atoms with Gasteiger partial charge in [0.15, 0.2) is 5.60 Å². The normalized spacial score (nSPS) is 19.1. The van der Waals surface area contributed by atoms with E-state index in [0.717, 1.165) is 12.8 Å². The van der Waals surface area contributed by atoms with Crippen LogP contribution in [0, 0.1) is 11.8 Å². The Hall–Kier alpha value is -2.60. The number of hydrogen-bond acceptors (Lipinski definition) is 4. The van der Waals surface area contributed by atoms with E-state index in [9.17, 15) is 9.59 Å². The number of fused-ring (bicyclic) bond motifs is 1. The van der Waals surface area contributed by atoms with Gasteiger partial charge in [0.25, 0.3) is 5.91 Å². The average molecular weight is 444 g/mol. The van der Waals surface area contributed by atoms with E-state index in [1.807, 2.05) is 19.9 Å². The van der Waals surface area contributed by atoms with E-state index in [4.69, 9.17) is 16.3 Å². The Morgan fingerprint density at radius 3 is 2.65 bits per heavy atom. The molecule has 2 heterocycles. The summed E-state index contributed by atoms with van der Waals surface area (Å²) in [5, 5.41) is 3.38. The first kappa shape index (κ1) is 23.1. The highest BCUT2D eigenvalue weighted by Crippen LogP contribution is 2.43. The van der Waals surface area contributed by atoms with Gasteiger partial charge >= 0.3 is 0 Å². The van der Waals surface area contributed by atoms with E-state index in [1.165, 1.54) is 0 Å². The van der Waals surface area contributed by atoms with Crippen molar-refractivity contribution in [2.24, 2.45) is 11.8 Å². The largest absolute Gasteiger partial charge is 0.460 e. The Morgan fingerprint density at radius 1 is 1.26 bits per heavy atom. The number of nitrogens with zero attached hydrogens (tertiary/aromatic N) is 2. The molecule has 0 radical (unpaired) electrons. The number of hydrogen-bond donors (Lipinski definition) is 1. The Balaban J connectivity index is 2.04. The monoisotopic (exact) mass is 443 g/mol. The predicted octanol–water partition coefficient (Wildman–Crippen LogP) is 5.97. The maximum atomic E-state index is 13.6. The van der Waals surface area contributed by atoms with Crippen LogP contribution in [0.4, 0.5) is 17.2 Å². The molecule has 0 bridgehead atoms. The average Bonchev–Trinajstić information content (AvgIpc) is 2.72. The topological polar surface area (TPSA) is 71.5 Å². The lowest BCUT2D eigenvalue weighted by atomic mass is 9.92. The van der Waals surface area contributed by atoms with Crippen molar-refractivity contribution in [2.75, 3.05) is 10.2 Å². The first-order valence-corrected chi connectivity index (χ1v) is 11.1. The highest BCUT2D eigenvalue weighted by molar-refractivity contribution is 6.31. The van der Waals surface area contributed by atoms with Crippen molar-refractivity contribution in [3.05, 3.63) is 41.4 Å². The number of amides is 2. The van der Waals surface area contributed by atoms with Gasteiger partial charge in [0.05, 0.1) is 5.69 Å². The molecule has 2 amide bonds. The van der Waals surface area contributed by atoms with Gasteiger partial charge in [0.1, 0.15) is 11.5 Å². The number of aromatic nitrogens is 1. The van der Waals surface area contributed by atoms with Crippen molar-refractivity contribution in [2.45, 2.75) is 59.5 Å². The Kier molecular flexibility index (Phi) is 6.90. The van der Waals surface area contributed by atoms with Crippen LogP contribution in [0.3, 0.4) is 0 Å². The molecule has 0 saturated carbocycles. The summed E-state index contributed by atoms with van der Waals surface area (Å²) in [5.74, 6) is 0.739. The molecule has 1 N–H and O–H groups in total. The quantitative estimate of drug-likeness (QED) is 0.572. The molecule has 0 aliphatic carbocycles. The van der Waals surface area contributed by atoms with Gasteiger partial charge in [0.2, 0.25) is 11.8 Å². The molecule has 3 rings (SSSR count). The lowest BCUT2D eigenvalue weighted by molar-refractivity contribution is -0.134. The minimum absolute atomic E-state index is 0.101. The van der Waals surface area contributed by atoms with Crippen LogP contribution < -0.4 is 15.0 Å². The van der Waals surface area contributed by atoms with E-state index in [2.05, 4.69) is 24.1 Å². The van der Waals surface area contributed by atoms with Crippen molar-refractivity contribution in [3.63, 3.8) is 0 Å².